The summed E-state index contributed by atoms with van der Waals surface area (Å²) in [6.07, 6.45) is -0.548. The first-order chi connectivity index (χ1) is 13.8. The Morgan fingerprint density at radius 3 is 2.30 bits per heavy atom. The van der Waals surface area contributed by atoms with Gasteiger partial charge in [0.25, 0.3) is 0 Å². The number of carbonyl (C=O) groups excluding carboxylic acids is 2. The number of rotatable bonds is 3. The van der Waals surface area contributed by atoms with Gasteiger partial charge in [-0.25, -0.2) is 9.59 Å². The van der Waals surface area contributed by atoms with Crippen molar-refractivity contribution in [2.45, 2.75) is 71.5 Å². The van der Waals surface area contributed by atoms with E-state index in [9.17, 15) is 14.7 Å². The SMILES string of the molecule is C[C@H]1CN(C(=O)OC(C)(C)C)CC[C@@]1(CO)c1cccc(OC(=O)OC(C)(C)C)c1. The second-order valence-electron chi connectivity index (χ2n) is 9.99. The normalized spacial score (nSPS) is 22.4. The van der Waals surface area contributed by atoms with Crippen LogP contribution in [-0.4, -0.2) is 53.2 Å². The van der Waals surface area contributed by atoms with Crippen LogP contribution in [0.4, 0.5) is 9.59 Å². The third-order valence-electron chi connectivity index (χ3n) is 5.20. The summed E-state index contributed by atoms with van der Waals surface area (Å²) in [6.45, 7) is 13.7. The maximum Gasteiger partial charge on any atom is 0.514 e. The summed E-state index contributed by atoms with van der Waals surface area (Å²) in [5.74, 6) is 0.330. The van der Waals surface area contributed by atoms with E-state index >= 15 is 0 Å². The van der Waals surface area contributed by atoms with Crippen molar-refractivity contribution in [3.05, 3.63) is 29.8 Å². The molecule has 0 unspecified atom stereocenters. The van der Waals surface area contributed by atoms with Crippen LogP contribution in [0.2, 0.25) is 0 Å². The minimum atomic E-state index is -0.773. The van der Waals surface area contributed by atoms with E-state index < -0.39 is 22.8 Å². The van der Waals surface area contributed by atoms with E-state index in [0.29, 0.717) is 25.3 Å². The van der Waals surface area contributed by atoms with Crippen LogP contribution in [0.1, 0.15) is 60.5 Å². The lowest BCUT2D eigenvalue weighted by Gasteiger charge is -2.46. The van der Waals surface area contributed by atoms with Gasteiger partial charge < -0.3 is 24.2 Å². The van der Waals surface area contributed by atoms with E-state index in [1.165, 1.54) is 0 Å². The van der Waals surface area contributed by atoms with Crippen LogP contribution < -0.4 is 4.74 Å². The van der Waals surface area contributed by atoms with Gasteiger partial charge in [0, 0.05) is 18.5 Å². The molecule has 1 N–H and O–H groups in total. The maximum atomic E-state index is 12.5. The molecule has 1 aliphatic heterocycles. The summed E-state index contributed by atoms with van der Waals surface area (Å²) in [4.78, 5) is 26.1. The number of hydrogen-bond acceptors (Lipinski definition) is 6. The summed E-state index contributed by atoms with van der Waals surface area (Å²) in [7, 11) is 0. The Kier molecular flexibility index (Phi) is 7.07. The van der Waals surface area contributed by atoms with Gasteiger partial charge >= 0.3 is 12.2 Å². The topological polar surface area (TPSA) is 85.3 Å². The lowest BCUT2D eigenvalue weighted by Crippen LogP contribution is -2.53. The number of benzene rings is 1. The molecule has 1 heterocycles. The van der Waals surface area contributed by atoms with E-state index in [-0.39, 0.29) is 18.6 Å². The van der Waals surface area contributed by atoms with Gasteiger partial charge in [0.15, 0.2) is 0 Å². The maximum absolute atomic E-state index is 12.5. The molecule has 0 saturated carbocycles. The molecule has 1 fully saturated rings. The molecule has 0 spiro atoms. The van der Waals surface area contributed by atoms with Gasteiger partial charge in [-0.2, -0.15) is 0 Å². The molecule has 0 bridgehead atoms. The number of nitrogens with zero attached hydrogens (tertiary/aromatic N) is 1. The van der Waals surface area contributed by atoms with Crippen LogP contribution in [0.5, 0.6) is 5.75 Å². The molecule has 2 atom stereocenters. The van der Waals surface area contributed by atoms with Crippen molar-refractivity contribution in [2.75, 3.05) is 19.7 Å². The largest absolute Gasteiger partial charge is 0.514 e. The van der Waals surface area contributed by atoms with Gasteiger partial charge in [-0.3, -0.25) is 0 Å². The Balaban J connectivity index is 2.17. The van der Waals surface area contributed by atoms with Crippen molar-refractivity contribution < 1.29 is 28.9 Å². The van der Waals surface area contributed by atoms with E-state index in [4.69, 9.17) is 14.2 Å². The number of carbonyl (C=O) groups is 2. The Bertz CT molecular complexity index is 764. The van der Waals surface area contributed by atoms with Gasteiger partial charge in [0.05, 0.1) is 6.61 Å². The number of hydrogen-bond donors (Lipinski definition) is 1. The molecular formula is C23H35NO6. The number of aliphatic hydroxyl groups is 1. The van der Waals surface area contributed by atoms with Gasteiger partial charge in [0.1, 0.15) is 17.0 Å². The standard InChI is InChI=1S/C23H35NO6/c1-16-14-24(19(26)29-21(2,3)4)12-11-23(16,15-25)17-9-8-10-18(13-17)28-20(27)30-22(5,6)7/h8-10,13,16,25H,11-12,14-15H2,1-7H3/t16-,23-/m0/s1. The third-order valence-corrected chi connectivity index (χ3v) is 5.20. The zero-order chi connectivity index (χ0) is 22.7. The van der Waals surface area contributed by atoms with Gasteiger partial charge in [-0.05, 0) is 71.6 Å². The highest BCUT2D eigenvalue weighted by molar-refractivity contribution is 5.68. The molecule has 30 heavy (non-hydrogen) atoms. The molecule has 168 valence electrons. The lowest BCUT2D eigenvalue weighted by molar-refractivity contribution is -0.000517. The molecule has 7 heteroatoms. The minimum absolute atomic E-state index is 0.0273. The fourth-order valence-corrected chi connectivity index (χ4v) is 3.66. The van der Waals surface area contributed by atoms with E-state index in [2.05, 4.69) is 0 Å². The molecule has 1 amide bonds. The van der Waals surface area contributed by atoms with Crippen molar-refractivity contribution in [1.82, 2.24) is 4.90 Å². The predicted octanol–water partition coefficient (Wildman–Crippen LogP) is 4.51. The first kappa shape index (κ1) is 24.0. The zero-order valence-electron chi connectivity index (χ0n) is 19.2. The number of likely N-dealkylation sites (tertiary alicyclic amines) is 1. The highest BCUT2D eigenvalue weighted by atomic mass is 16.7. The number of aliphatic hydroxyl groups excluding tert-OH is 1. The van der Waals surface area contributed by atoms with Gasteiger partial charge in [-0.1, -0.05) is 19.1 Å². The third kappa shape index (κ3) is 6.11. The molecule has 0 radical (unpaired) electrons. The number of amides is 1. The van der Waals surface area contributed by atoms with Crippen LogP contribution in [0.15, 0.2) is 24.3 Å². The minimum Gasteiger partial charge on any atom is -0.444 e. The average Bonchev–Trinajstić information content (AvgIpc) is 2.59. The Labute approximate surface area is 179 Å². The quantitative estimate of drug-likeness (QED) is 0.571. The van der Waals surface area contributed by atoms with Gasteiger partial charge in [0.2, 0.25) is 0 Å². The van der Waals surface area contributed by atoms with Crippen molar-refractivity contribution in [2.24, 2.45) is 5.92 Å². The number of piperidine rings is 1. The van der Waals surface area contributed by atoms with Crippen LogP contribution in [-0.2, 0) is 14.9 Å². The highest BCUT2D eigenvalue weighted by Crippen LogP contribution is 2.41. The van der Waals surface area contributed by atoms with Crippen molar-refractivity contribution in [3.8, 4) is 5.75 Å². The molecule has 2 rings (SSSR count). The molecule has 1 saturated heterocycles. The lowest BCUT2D eigenvalue weighted by atomic mass is 9.67. The van der Waals surface area contributed by atoms with Crippen molar-refractivity contribution >= 4 is 12.2 Å². The van der Waals surface area contributed by atoms with Crippen LogP contribution in [0.3, 0.4) is 0 Å². The molecule has 7 nitrogen and oxygen atoms in total. The second kappa shape index (κ2) is 8.84. The highest BCUT2D eigenvalue weighted by Gasteiger charge is 2.43. The van der Waals surface area contributed by atoms with E-state index in [1.54, 1.807) is 43.9 Å². The molecular weight excluding hydrogens is 386 g/mol. The molecule has 0 aromatic heterocycles. The first-order valence-electron chi connectivity index (χ1n) is 10.4. The Morgan fingerprint density at radius 1 is 1.13 bits per heavy atom. The van der Waals surface area contributed by atoms with Gasteiger partial charge in [-0.15, -0.1) is 0 Å². The zero-order valence-corrected chi connectivity index (χ0v) is 19.2. The monoisotopic (exact) mass is 421 g/mol. The van der Waals surface area contributed by atoms with E-state index in [0.717, 1.165) is 5.56 Å². The summed E-state index contributed by atoms with van der Waals surface area (Å²) in [5.41, 5.74) is -0.892. The van der Waals surface area contributed by atoms with Crippen LogP contribution in [0.25, 0.3) is 0 Å². The Hall–Kier alpha value is -2.28. The smallest absolute Gasteiger partial charge is 0.444 e. The second-order valence-corrected chi connectivity index (χ2v) is 9.99. The molecule has 1 aromatic rings. The summed E-state index contributed by atoms with van der Waals surface area (Å²) in [5, 5.41) is 10.3. The summed E-state index contributed by atoms with van der Waals surface area (Å²) in [6, 6.07) is 7.15. The molecule has 0 aliphatic carbocycles. The summed E-state index contributed by atoms with van der Waals surface area (Å²) >= 11 is 0. The average molecular weight is 422 g/mol. The van der Waals surface area contributed by atoms with Crippen molar-refractivity contribution in [3.63, 3.8) is 0 Å². The number of ether oxygens (including phenoxy) is 3. The fourth-order valence-electron chi connectivity index (χ4n) is 3.66. The fraction of sp³-hybridized carbons (Fsp3) is 0.652. The summed E-state index contributed by atoms with van der Waals surface area (Å²) < 4.78 is 16.0. The molecule has 1 aromatic carbocycles. The Morgan fingerprint density at radius 2 is 1.77 bits per heavy atom. The molecule has 1 aliphatic rings. The van der Waals surface area contributed by atoms with Crippen LogP contribution in [0, 0.1) is 5.92 Å². The van der Waals surface area contributed by atoms with E-state index in [1.807, 2.05) is 33.8 Å². The van der Waals surface area contributed by atoms with Crippen molar-refractivity contribution in [1.29, 1.82) is 0 Å². The predicted molar refractivity (Wildman–Crippen MR) is 114 cm³/mol. The first-order valence-corrected chi connectivity index (χ1v) is 10.4. The van der Waals surface area contributed by atoms with Crippen LogP contribution >= 0.6 is 0 Å².